The molecule has 0 radical (unpaired) electrons. The number of amides is 2. The van der Waals surface area contributed by atoms with Crippen molar-refractivity contribution < 1.29 is 33.4 Å². The van der Waals surface area contributed by atoms with Gasteiger partial charge in [0.2, 0.25) is 5.69 Å². The highest BCUT2D eigenvalue weighted by Crippen LogP contribution is 2.14. The lowest BCUT2D eigenvalue weighted by atomic mass is 9.99. The molecule has 0 fully saturated rings. The molecule has 3 rings (SSSR count). The van der Waals surface area contributed by atoms with Crippen LogP contribution in [0.25, 0.3) is 0 Å². The van der Waals surface area contributed by atoms with Crippen LogP contribution in [-0.4, -0.2) is 58.8 Å². The zero-order valence-electron chi connectivity index (χ0n) is 25.4. The number of hydrogen-bond donors (Lipinski definition) is 4. The van der Waals surface area contributed by atoms with Gasteiger partial charge in [0.1, 0.15) is 11.6 Å². The van der Waals surface area contributed by atoms with Gasteiger partial charge in [-0.25, -0.2) is 8.78 Å². The summed E-state index contributed by atoms with van der Waals surface area (Å²) in [7, 11) is 0. The zero-order valence-corrected chi connectivity index (χ0v) is 25.4. The molecule has 0 aliphatic carbocycles. The van der Waals surface area contributed by atoms with Gasteiger partial charge in [-0.15, -0.1) is 0 Å². The lowest BCUT2D eigenvalue weighted by Crippen LogP contribution is -2.49. The van der Waals surface area contributed by atoms with Crippen LogP contribution in [0.15, 0.2) is 54.6 Å². The van der Waals surface area contributed by atoms with Gasteiger partial charge in [-0.05, 0) is 54.5 Å². The Hall–Kier alpha value is -3.89. The van der Waals surface area contributed by atoms with Gasteiger partial charge in [0.05, 0.1) is 17.7 Å². The van der Waals surface area contributed by atoms with Gasteiger partial charge < -0.3 is 20.6 Å². The van der Waals surface area contributed by atoms with E-state index in [2.05, 4.69) is 23.6 Å². The van der Waals surface area contributed by atoms with E-state index in [1.165, 1.54) is 17.7 Å². The molecule has 0 saturated carbocycles. The number of nitrogens with zero attached hydrogens (tertiary/aromatic N) is 2. The van der Waals surface area contributed by atoms with E-state index in [-0.39, 0.29) is 35.5 Å². The van der Waals surface area contributed by atoms with Crippen molar-refractivity contribution >= 4 is 11.8 Å². The normalized spacial score (nSPS) is 12.5. The van der Waals surface area contributed by atoms with Gasteiger partial charge >= 0.3 is 11.6 Å². The molecule has 2 amide bonds. The Morgan fingerprint density at radius 1 is 0.930 bits per heavy atom. The van der Waals surface area contributed by atoms with Crippen LogP contribution in [0, 0.1) is 18.6 Å². The summed E-state index contributed by atoms with van der Waals surface area (Å²) in [6.45, 7) is 9.10. The number of rotatable bonds is 15. The number of aryl methyl sites for hydroxylation is 2. The van der Waals surface area contributed by atoms with E-state index >= 15 is 0 Å². The average Bonchev–Trinajstić information content (AvgIpc) is 2.97. The maximum absolute atomic E-state index is 14.0. The molecule has 0 saturated heterocycles. The Kier molecular flexibility index (Phi) is 12.6. The third kappa shape index (κ3) is 9.56. The number of carbonyl (C=O) groups excluding carboxylic acids is 2. The first-order chi connectivity index (χ1) is 20.6. The van der Waals surface area contributed by atoms with E-state index in [0.717, 1.165) is 47.8 Å². The first kappa shape index (κ1) is 33.6. The van der Waals surface area contributed by atoms with Gasteiger partial charge in [-0.3, -0.25) is 14.8 Å². The molecule has 0 aliphatic rings. The summed E-state index contributed by atoms with van der Waals surface area (Å²) in [6, 6.07) is 12.9. The summed E-state index contributed by atoms with van der Waals surface area (Å²) in [6.07, 6.45) is 1.19. The third-order valence-corrected chi connectivity index (χ3v) is 7.22. The van der Waals surface area contributed by atoms with Crippen molar-refractivity contribution in [3.63, 3.8) is 0 Å². The minimum Gasteiger partial charge on any atom is -0.390 e. The van der Waals surface area contributed by atoms with E-state index in [1.54, 1.807) is 11.8 Å². The van der Waals surface area contributed by atoms with Gasteiger partial charge in [0.25, 0.3) is 5.91 Å². The Bertz CT molecular complexity index is 1380. The number of hydrogen-bond acceptors (Lipinski definition) is 5. The van der Waals surface area contributed by atoms with Crippen molar-refractivity contribution in [2.45, 2.75) is 72.1 Å². The standard InChI is InChI=1S/C33H42F2N4O4/c1-5-11-38(12-6-2)33(42)30-18-26(13-22(4)39(30)43)32(41)37-29(17-25-15-27(34)19-28(35)16-25)31(40)21-36-20-24-10-8-9-23(7-3)14-24/h8-10,13-16,18-19,29,31,36,40H,5-7,11-12,17,20-21H2,1-4H3,(H-,37,41,42,43)/p+1/t29-,31+/m0/s1. The molecule has 2 aromatic carbocycles. The van der Waals surface area contributed by atoms with Crippen LogP contribution in [0.4, 0.5) is 8.78 Å². The van der Waals surface area contributed by atoms with E-state index < -0.39 is 35.6 Å². The fraction of sp³-hybridized carbons (Fsp3) is 0.424. The van der Waals surface area contributed by atoms with Crippen LogP contribution in [-0.2, 0) is 19.4 Å². The number of carbonyl (C=O) groups is 2. The molecular formula is C33H43F2N4O4+. The van der Waals surface area contributed by atoms with E-state index in [1.807, 2.05) is 32.0 Å². The smallest absolute Gasteiger partial charge is 0.323 e. The van der Waals surface area contributed by atoms with E-state index in [0.29, 0.717) is 19.6 Å². The number of pyridine rings is 1. The second kappa shape index (κ2) is 16.1. The molecule has 1 aromatic heterocycles. The van der Waals surface area contributed by atoms with Crippen LogP contribution in [0.1, 0.15) is 76.8 Å². The molecule has 0 spiro atoms. The lowest BCUT2D eigenvalue weighted by Gasteiger charge is -2.25. The molecule has 1 heterocycles. The molecule has 232 valence electrons. The van der Waals surface area contributed by atoms with Crippen molar-refractivity contribution in [3.05, 3.63) is 99.9 Å². The number of halogens is 2. The molecule has 0 bridgehead atoms. The molecule has 43 heavy (non-hydrogen) atoms. The SMILES string of the molecule is CCCN(CCC)C(=O)c1cc(C(=O)N[C@@H](Cc2cc(F)cc(F)c2)[C@H](O)CNCc2cccc(CC)c2)cc(C)[n+]1O. The highest BCUT2D eigenvalue weighted by atomic mass is 19.1. The summed E-state index contributed by atoms with van der Waals surface area (Å²) in [5, 5.41) is 27.8. The number of aromatic nitrogens is 1. The first-order valence-electron chi connectivity index (χ1n) is 14.8. The van der Waals surface area contributed by atoms with Crippen LogP contribution in [0.3, 0.4) is 0 Å². The minimum absolute atomic E-state index is 0.0486. The summed E-state index contributed by atoms with van der Waals surface area (Å²) >= 11 is 0. The van der Waals surface area contributed by atoms with Crippen molar-refractivity contribution in [3.8, 4) is 0 Å². The number of benzene rings is 2. The molecule has 3 aromatic rings. The number of nitrogens with one attached hydrogen (secondary N) is 2. The first-order valence-corrected chi connectivity index (χ1v) is 14.8. The van der Waals surface area contributed by atoms with Crippen molar-refractivity contribution in [1.82, 2.24) is 15.5 Å². The Balaban J connectivity index is 1.84. The van der Waals surface area contributed by atoms with Gasteiger partial charge in [-0.2, -0.15) is 0 Å². The average molecular weight is 598 g/mol. The fourth-order valence-electron chi connectivity index (χ4n) is 5.01. The lowest BCUT2D eigenvalue weighted by molar-refractivity contribution is -0.910. The summed E-state index contributed by atoms with van der Waals surface area (Å²) in [5.74, 6) is -2.54. The maximum Gasteiger partial charge on any atom is 0.323 e. The molecule has 4 N–H and O–H groups in total. The quantitative estimate of drug-likeness (QED) is 0.156. The molecule has 8 nitrogen and oxygen atoms in total. The Morgan fingerprint density at radius 2 is 1.58 bits per heavy atom. The Morgan fingerprint density at radius 3 is 2.21 bits per heavy atom. The Labute approximate surface area is 252 Å². The van der Waals surface area contributed by atoms with Crippen LogP contribution < -0.4 is 15.4 Å². The van der Waals surface area contributed by atoms with Crippen molar-refractivity contribution in [2.24, 2.45) is 0 Å². The van der Waals surface area contributed by atoms with Crippen LogP contribution in [0.5, 0.6) is 0 Å². The molecule has 0 aliphatic heterocycles. The number of aliphatic hydroxyl groups is 1. The molecular weight excluding hydrogens is 554 g/mol. The molecule has 10 heteroatoms. The van der Waals surface area contributed by atoms with E-state index in [9.17, 15) is 28.7 Å². The number of aliphatic hydroxyl groups excluding tert-OH is 1. The summed E-state index contributed by atoms with van der Waals surface area (Å²) < 4.78 is 28.7. The minimum atomic E-state index is -1.12. The molecule has 0 unspecified atom stereocenters. The third-order valence-electron chi connectivity index (χ3n) is 7.22. The largest absolute Gasteiger partial charge is 0.390 e. The van der Waals surface area contributed by atoms with Crippen LogP contribution >= 0.6 is 0 Å². The van der Waals surface area contributed by atoms with Gasteiger partial charge in [0, 0.05) is 56.0 Å². The highest BCUT2D eigenvalue weighted by Gasteiger charge is 2.30. The summed E-state index contributed by atoms with van der Waals surface area (Å²) in [4.78, 5) is 28.4. The van der Waals surface area contributed by atoms with E-state index in [4.69, 9.17) is 0 Å². The molecule has 2 atom stereocenters. The fourth-order valence-corrected chi connectivity index (χ4v) is 5.01. The van der Waals surface area contributed by atoms with Crippen LogP contribution in [0.2, 0.25) is 0 Å². The summed E-state index contributed by atoms with van der Waals surface area (Å²) in [5.41, 5.74) is 2.79. The van der Waals surface area contributed by atoms with Crippen molar-refractivity contribution in [1.29, 1.82) is 0 Å². The predicted molar refractivity (Wildman–Crippen MR) is 160 cm³/mol. The maximum atomic E-state index is 14.0. The topological polar surface area (TPSA) is 106 Å². The highest BCUT2D eigenvalue weighted by molar-refractivity contribution is 5.98. The zero-order chi connectivity index (χ0) is 31.5. The predicted octanol–water partition coefficient (Wildman–Crippen LogP) is 4.11. The van der Waals surface area contributed by atoms with Gasteiger partial charge in [-0.1, -0.05) is 45.0 Å². The monoisotopic (exact) mass is 597 g/mol. The van der Waals surface area contributed by atoms with Gasteiger partial charge in [0.15, 0.2) is 0 Å². The second-order valence-electron chi connectivity index (χ2n) is 10.8. The van der Waals surface area contributed by atoms with Crippen molar-refractivity contribution in [2.75, 3.05) is 19.6 Å². The second-order valence-corrected chi connectivity index (χ2v) is 10.8.